The van der Waals surface area contributed by atoms with Crippen LogP contribution in [0.15, 0.2) is 35.7 Å². The molecule has 0 radical (unpaired) electrons. The van der Waals surface area contributed by atoms with Crippen molar-refractivity contribution in [3.8, 4) is 0 Å². The van der Waals surface area contributed by atoms with Crippen LogP contribution in [0.2, 0.25) is 0 Å². The highest BCUT2D eigenvalue weighted by molar-refractivity contribution is 7.09. The summed E-state index contributed by atoms with van der Waals surface area (Å²) in [6.07, 6.45) is 0.556. The number of rotatable bonds is 8. The van der Waals surface area contributed by atoms with Gasteiger partial charge in [0, 0.05) is 23.1 Å². The zero-order valence-corrected chi connectivity index (χ0v) is 13.9. The fraction of sp³-hybridized carbons (Fsp3) is 0.250. The van der Waals surface area contributed by atoms with Crippen molar-refractivity contribution < 1.29 is 14.5 Å². The third-order valence-electron chi connectivity index (χ3n) is 3.43. The van der Waals surface area contributed by atoms with Gasteiger partial charge in [-0.2, -0.15) is 0 Å². The van der Waals surface area contributed by atoms with Gasteiger partial charge in [-0.1, -0.05) is 6.07 Å². The smallest absolute Gasteiger partial charge is 0.293 e. The molecule has 126 valence electrons. The Kier molecular flexibility index (Phi) is 6.02. The second kappa shape index (κ2) is 8.21. The number of anilines is 1. The van der Waals surface area contributed by atoms with Gasteiger partial charge in [0.25, 0.3) is 5.69 Å². The molecule has 2 aromatic rings. The van der Waals surface area contributed by atoms with Crippen LogP contribution < -0.4 is 10.2 Å². The van der Waals surface area contributed by atoms with Crippen molar-refractivity contribution >= 4 is 34.9 Å². The summed E-state index contributed by atoms with van der Waals surface area (Å²) in [5.74, 6) is -0.223. The van der Waals surface area contributed by atoms with E-state index in [1.165, 1.54) is 18.2 Å². The van der Waals surface area contributed by atoms with Gasteiger partial charge in [0.05, 0.1) is 18.0 Å². The van der Waals surface area contributed by atoms with E-state index in [-0.39, 0.29) is 23.7 Å². The van der Waals surface area contributed by atoms with E-state index in [2.05, 4.69) is 5.32 Å². The first-order chi connectivity index (χ1) is 11.5. The maximum Gasteiger partial charge on any atom is 0.293 e. The molecule has 7 nitrogen and oxygen atoms in total. The van der Waals surface area contributed by atoms with Crippen molar-refractivity contribution in [3.63, 3.8) is 0 Å². The fourth-order valence-corrected chi connectivity index (χ4v) is 2.87. The van der Waals surface area contributed by atoms with Crippen molar-refractivity contribution in [2.75, 3.05) is 18.0 Å². The lowest BCUT2D eigenvalue weighted by Gasteiger charge is -2.22. The molecular formula is C16H17N3O4S. The minimum absolute atomic E-state index is 0.00313. The Hall–Kier alpha value is -2.74. The van der Waals surface area contributed by atoms with E-state index in [0.717, 1.165) is 4.88 Å². The van der Waals surface area contributed by atoms with Crippen molar-refractivity contribution in [1.82, 2.24) is 5.32 Å². The van der Waals surface area contributed by atoms with Crippen LogP contribution in [0.3, 0.4) is 0 Å². The maximum absolute atomic E-state index is 12.1. The van der Waals surface area contributed by atoms with Crippen LogP contribution in [0.25, 0.3) is 0 Å². The molecule has 1 N–H and O–H groups in total. The highest BCUT2D eigenvalue weighted by atomic mass is 32.1. The summed E-state index contributed by atoms with van der Waals surface area (Å²) < 4.78 is 0. The minimum atomic E-state index is -0.547. The van der Waals surface area contributed by atoms with E-state index in [0.29, 0.717) is 25.1 Å². The molecule has 8 heteroatoms. The van der Waals surface area contributed by atoms with E-state index in [1.54, 1.807) is 16.2 Å². The van der Waals surface area contributed by atoms with Crippen molar-refractivity contribution in [2.24, 2.45) is 0 Å². The lowest BCUT2D eigenvalue weighted by molar-refractivity contribution is -0.384. The van der Waals surface area contributed by atoms with Gasteiger partial charge in [-0.25, -0.2) is 0 Å². The molecule has 0 spiro atoms. The van der Waals surface area contributed by atoms with Gasteiger partial charge >= 0.3 is 0 Å². The third kappa shape index (κ3) is 4.39. The molecule has 2 rings (SSSR count). The standard InChI is InChI=1S/C16H17N3O4S/c1-2-18(10-16(21)17-9-13-4-3-7-24-13)14-6-5-12(11-20)8-15(14)19(22)23/h3-8,11H,2,9-10H2,1H3,(H,17,21). The van der Waals surface area contributed by atoms with E-state index in [4.69, 9.17) is 0 Å². The van der Waals surface area contributed by atoms with Crippen molar-refractivity contribution in [3.05, 3.63) is 56.3 Å². The van der Waals surface area contributed by atoms with Crippen LogP contribution in [-0.2, 0) is 11.3 Å². The molecule has 0 bridgehead atoms. The molecule has 0 saturated heterocycles. The molecule has 1 heterocycles. The van der Waals surface area contributed by atoms with E-state index >= 15 is 0 Å². The van der Waals surface area contributed by atoms with Gasteiger partial charge in [0.15, 0.2) is 0 Å². The molecular weight excluding hydrogens is 330 g/mol. The second-order valence-electron chi connectivity index (χ2n) is 4.99. The number of benzene rings is 1. The van der Waals surface area contributed by atoms with Gasteiger partial charge in [-0.05, 0) is 30.5 Å². The zero-order chi connectivity index (χ0) is 17.5. The Morgan fingerprint density at radius 1 is 1.42 bits per heavy atom. The van der Waals surface area contributed by atoms with Gasteiger partial charge < -0.3 is 10.2 Å². The Bertz CT molecular complexity index is 731. The van der Waals surface area contributed by atoms with E-state index in [1.807, 2.05) is 24.4 Å². The average Bonchev–Trinajstić information content (AvgIpc) is 3.10. The van der Waals surface area contributed by atoms with Gasteiger partial charge in [0.1, 0.15) is 12.0 Å². The summed E-state index contributed by atoms with van der Waals surface area (Å²) in [5, 5.41) is 16.0. The van der Waals surface area contributed by atoms with Crippen molar-refractivity contribution in [2.45, 2.75) is 13.5 Å². The van der Waals surface area contributed by atoms with E-state index in [9.17, 15) is 19.7 Å². The number of carbonyl (C=O) groups is 2. The molecule has 1 aromatic heterocycles. The summed E-state index contributed by atoms with van der Waals surface area (Å²) in [5.41, 5.74) is 0.357. The summed E-state index contributed by atoms with van der Waals surface area (Å²) >= 11 is 1.55. The number of hydrogen-bond acceptors (Lipinski definition) is 6. The summed E-state index contributed by atoms with van der Waals surface area (Å²) in [4.78, 5) is 36.3. The topological polar surface area (TPSA) is 92.6 Å². The Morgan fingerprint density at radius 2 is 2.21 bits per heavy atom. The van der Waals surface area contributed by atoms with Crippen LogP contribution in [0.5, 0.6) is 0 Å². The van der Waals surface area contributed by atoms with Gasteiger partial charge in [-0.3, -0.25) is 19.7 Å². The summed E-state index contributed by atoms with van der Waals surface area (Å²) in [6, 6.07) is 8.04. The van der Waals surface area contributed by atoms with Crippen LogP contribution in [-0.4, -0.2) is 30.2 Å². The predicted octanol–water partition coefficient (Wildman–Crippen LogP) is 2.61. The predicted molar refractivity (Wildman–Crippen MR) is 92.5 cm³/mol. The van der Waals surface area contributed by atoms with Crippen LogP contribution >= 0.6 is 11.3 Å². The number of nitro benzene ring substituents is 1. The Balaban J connectivity index is 2.11. The summed E-state index contributed by atoms with van der Waals surface area (Å²) in [6.45, 7) is 2.67. The minimum Gasteiger partial charge on any atom is -0.357 e. The lowest BCUT2D eigenvalue weighted by atomic mass is 10.1. The number of likely N-dealkylation sites (N-methyl/N-ethyl adjacent to an activating group) is 1. The van der Waals surface area contributed by atoms with Gasteiger partial charge in [0.2, 0.25) is 5.91 Å². The SMILES string of the molecule is CCN(CC(=O)NCc1cccs1)c1ccc(C=O)cc1[N+](=O)[O-]. The summed E-state index contributed by atoms with van der Waals surface area (Å²) in [7, 11) is 0. The van der Waals surface area contributed by atoms with Crippen LogP contribution in [0, 0.1) is 10.1 Å². The molecule has 0 saturated carbocycles. The first kappa shape index (κ1) is 17.6. The van der Waals surface area contributed by atoms with Crippen LogP contribution in [0.1, 0.15) is 22.2 Å². The monoisotopic (exact) mass is 347 g/mol. The Labute approximate surface area is 143 Å². The van der Waals surface area contributed by atoms with Crippen LogP contribution in [0.4, 0.5) is 11.4 Å². The number of hydrogen-bond donors (Lipinski definition) is 1. The maximum atomic E-state index is 12.1. The number of amides is 1. The fourth-order valence-electron chi connectivity index (χ4n) is 2.22. The van der Waals surface area contributed by atoms with Crippen molar-refractivity contribution in [1.29, 1.82) is 0 Å². The molecule has 0 aliphatic rings. The molecule has 0 fully saturated rings. The molecule has 0 aliphatic carbocycles. The molecule has 1 aromatic carbocycles. The number of nitrogens with zero attached hydrogens (tertiary/aromatic N) is 2. The number of nitro groups is 1. The first-order valence-electron chi connectivity index (χ1n) is 7.32. The molecule has 0 unspecified atom stereocenters. The highest BCUT2D eigenvalue weighted by Gasteiger charge is 2.21. The van der Waals surface area contributed by atoms with E-state index < -0.39 is 4.92 Å². The third-order valence-corrected chi connectivity index (χ3v) is 4.31. The number of aldehydes is 1. The second-order valence-corrected chi connectivity index (χ2v) is 6.03. The average molecular weight is 347 g/mol. The van der Waals surface area contributed by atoms with Gasteiger partial charge in [-0.15, -0.1) is 11.3 Å². The zero-order valence-electron chi connectivity index (χ0n) is 13.1. The lowest BCUT2D eigenvalue weighted by Crippen LogP contribution is -2.37. The normalized spacial score (nSPS) is 10.2. The molecule has 1 amide bonds. The molecule has 24 heavy (non-hydrogen) atoms. The molecule has 0 aliphatic heterocycles. The Morgan fingerprint density at radius 3 is 2.79 bits per heavy atom. The highest BCUT2D eigenvalue weighted by Crippen LogP contribution is 2.28. The number of thiophene rings is 1. The number of nitrogens with one attached hydrogen (secondary N) is 1. The quantitative estimate of drug-likeness (QED) is 0.450. The largest absolute Gasteiger partial charge is 0.357 e. The first-order valence-corrected chi connectivity index (χ1v) is 8.20. The molecule has 0 atom stereocenters. The number of carbonyl (C=O) groups excluding carboxylic acids is 2.